The van der Waals surface area contributed by atoms with Crippen molar-refractivity contribution in [3.05, 3.63) is 23.1 Å². The third kappa shape index (κ3) is 3.83. The summed E-state index contributed by atoms with van der Waals surface area (Å²) in [7, 11) is 0. The van der Waals surface area contributed by atoms with E-state index in [-0.39, 0.29) is 5.28 Å². The molecule has 1 saturated heterocycles. The molecule has 7 nitrogen and oxygen atoms in total. The highest BCUT2D eigenvalue weighted by Gasteiger charge is 2.15. The molecule has 0 spiro atoms. The van der Waals surface area contributed by atoms with E-state index in [0.29, 0.717) is 23.5 Å². The monoisotopic (exact) mass is 308 g/mol. The molecule has 1 aliphatic heterocycles. The van der Waals surface area contributed by atoms with Crippen molar-refractivity contribution in [1.29, 1.82) is 0 Å². The summed E-state index contributed by atoms with van der Waals surface area (Å²) in [6, 6.07) is 4.07. The molecule has 0 atom stereocenters. The van der Waals surface area contributed by atoms with E-state index in [1.165, 1.54) is 0 Å². The van der Waals surface area contributed by atoms with Crippen LogP contribution in [0.4, 0.5) is 17.5 Å². The lowest BCUT2D eigenvalue weighted by Gasteiger charge is -2.23. The van der Waals surface area contributed by atoms with Crippen molar-refractivity contribution in [2.45, 2.75) is 25.8 Å². The molecular weight excluding hydrogens is 292 g/mol. The highest BCUT2D eigenvalue weighted by atomic mass is 35.5. The molecule has 0 saturated carbocycles. The van der Waals surface area contributed by atoms with Crippen LogP contribution in [0.15, 0.2) is 12.1 Å². The molecule has 8 heteroatoms. The van der Waals surface area contributed by atoms with Crippen molar-refractivity contribution < 1.29 is 4.74 Å². The third-order valence-electron chi connectivity index (χ3n) is 3.23. The largest absolute Gasteiger partial charge is 0.381 e. The summed E-state index contributed by atoms with van der Waals surface area (Å²) in [5, 5.41) is 13.6. The molecule has 3 N–H and O–H groups in total. The number of anilines is 3. The number of halogens is 1. The molecule has 0 radical (unpaired) electrons. The summed E-state index contributed by atoms with van der Waals surface area (Å²) in [6.07, 6.45) is 1.92. The number of nitrogens with zero attached hydrogens (tertiary/aromatic N) is 3. The lowest BCUT2D eigenvalue weighted by molar-refractivity contribution is 0.0904. The second-order valence-electron chi connectivity index (χ2n) is 5.00. The average molecular weight is 309 g/mol. The van der Waals surface area contributed by atoms with Crippen molar-refractivity contribution in [3.8, 4) is 0 Å². The van der Waals surface area contributed by atoms with Gasteiger partial charge in [0, 0.05) is 37.1 Å². The number of H-pyrrole nitrogens is 1. The van der Waals surface area contributed by atoms with Crippen LogP contribution >= 0.6 is 11.6 Å². The Morgan fingerprint density at radius 2 is 1.95 bits per heavy atom. The topological polar surface area (TPSA) is 87.8 Å². The lowest BCUT2D eigenvalue weighted by atomic mass is 10.1. The second-order valence-corrected chi connectivity index (χ2v) is 5.34. The predicted octanol–water partition coefficient (Wildman–Crippen LogP) is 2.50. The van der Waals surface area contributed by atoms with Gasteiger partial charge in [-0.25, -0.2) is 9.97 Å². The van der Waals surface area contributed by atoms with Crippen molar-refractivity contribution >= 4 is 29.1 Å². The van der Waals surface area contributed by atoms with Gasteiger partial charge in [0.1, 0.15) is 11.6 Å². The van der Waals surface area contributed by atoms with Crippen LogP contribution in [0.1, 0.15) is 18.5 Å². The van der Waals surface area contributed by atoms with Gasteiger partial charge in [-0.1, -0.05) is 0 Å². The minimum atomic E-state index is 0.196. The number of rotatable bonds is 4. The number of aryl methyl sites for hydroxylation is 1. The fourth-order valence-electron chi connectivity index (χ4n) is 2.22. The summed E-state index contributed by atoms with van der Waals surface area (Å²) in [5.41, 5.74) is 0.971. The summed E-state index contributed by atoms with van der Waals surface area (Å²) in [4.78, 5) is 8.37. The molecule has 0 aliphatic carbocycles. The Morgan fingerprint density at radius 3 is 2.67 bits per heavy atom. The average Bonchev–Trinajstić information content (AvgIpc) is 2.84. The summed E-state index contributed by atoms with van der Waals surface area (Å²) in [6.45, 7) is 3.48. The van der Waals surface area contributed by atoms with E-state index < -0.39 is 0 Å². The molecule has 0 amide bonds. The molecule has 0 unspecified atom stereocenters. The Kier molecular flexibility index (Phi) is 4.21. The summed E-state index contributed by atoms with van der Waals surface area (Å²) >= 11 is 5.98. The molecule has 2 aromatic rings. The van der Waals surface area contributed by atoms with Gasteiger partial charge >= 0.3 is 0 Å². The van der Waals surface area contributed by atoms with Gasteiger partial charge in [-0.3, -0.25) is 5.10 Å². The van der Waals surface area contributed by atoms with Crippen LogP contribution < -0.4 is 10.6 Å². The van der Waals surface area contributed by atoms with Gasteiger partial charge in [0.15, 0.2) is 5.82 Å². The Morgan fingerprint density at radius 1 is 1.19 bits per heavy atom. The number of ether oxygens (including phenoxy) is 1. The first-order valence-electron chi connectivity index (χ1n) is 6.87. The van der Waals surface area contributed by atoms with Crippen LogP contribution in [-0.2, 0) is 4.74 Å². The summed E-state index contributed by atoms with van der Waals surface area (Å²) < 4.78 is 5.34. The first kappa shape index (κ1) is 14.1. The maximum absolute atomic E-state index is 5.98. The van der Waals surface area contributed by atoms with E-state index in [4.69, 9.17) is 16.3 Å². The van der Waals surface area contributed by atoms with Gasteiger partial charge < -0.3 is 15.4 Å². The Hall–Kier alpha value is -1.86. The number of aromatic nitrogens is 4. The highest BCUT2D eigenvalue weighted by Crippen LogP contribution is 2.20. The lowest BCUT2D eigenvalue weighted by Crippen LogP contribution is -2.28. The first-order valence-corrected chi connectivity index (χ1v) is 7.25. The van der Waals surface area contributed by atoms with Crippen LogP contribution in [0.3, 0.4) is 0 Å². The van der Waals surface area contributed by atoms with Gasteiger partial charge in [0.25, 0.3) is 0 Å². The van der Waals surface area contributed by atoms with Crippen molar-refractivity contribution in [3.63, 3.8) is 0 Å². The van der Waals surface area contributed by atoms with E-state index >= 15 is 0 Å². The van der Waals surface area contributed by atoms with E-state index in [0.717, 1.165) is 31.7 Å². The van der Waals surface area contributed by atoms with Gasteiger partial charge in [0.2, 0.25) is 5.28 Å². The molecule has 2 aromatic heterocycles. The minimum absolute atomic E-state index is 0.196. The van der Waals surface area contributed by atoms with Crippen molar-refractivity contribution in [1.82, 2.24) is 20.2 Å². The van der Waals surface area contributed by atoms with Gasteiger partial charge in [-0.2, -0.15) is 5.10 Å². The van der Waals surface area contributed by atoms with Crippen molar-refractivity contribution in [2.24, 2.45) is 0 Å². The molecule has 3 heterocycles. The Bertz CT molecular complexity index is 610. The summed E-state index contributed by atoms with van der Waals surface area (Å²) in [5.74, 6) is 2.01. The van der Waals surface area contributed by atoms with Crippen LogP contribution in [0.5, 0.6) is 0 Å². The standard InChI is InChI=1S/C13H17ClN6O/c1-8-6-12(20-19-8)16-11-7-10(17-13(14)18-11)15-9-2-4-21-5-3-9/h6-7,9H,2-5H2,1H3,(H3,15,16,17,18,19,20). The maximum atomic E-state index is 5.98. The van der Waals surface area contributed by atoms with Gasteiger partial charge in [-0.05, 0) is 31.4 Å². The van der Waals surface area contributed by atoms with Crippen LogP contribution in [0.2, 0.25) is 5.28 Å². The zero-order valence-electron chi connectivity index (χ0n) is 11.7. The maximum Gasteiger partial charge on any atom is 0.226 e. The molecule has 0 aromatic carbocycles. The zero-order valence-corrected chi connectivity index (χ0v) is 12.4. The van der Waals surface area contributed by atoms with Crippen LogP contribution in [-0.4, -0.2) is 39.4 Å². The van der Waals surface area contributed by atoms with Crippen LogP contribution in [0, 0.1) is 6.92 Å². The normalized spacial score (nSPS) is 15.9. The number of hydrogen-bond donors (Lipinski definition) is 3. The molecule has 1 fully saturated rings. The number of aromatic amines is 1. The number of hydrogen-bond acceptors (Lipinski definition) is 6. The Labute approximate surface area is 127 Å². The van der Waals surface area contributed by atoms with Crippen molar-refractivity contribution in [2.75, 3.05) is 23.8 Å². The second kappa shape index (κ2) is 6.28. The zero-order chi connectivity index (χ0) is 14.7. The predicted molar refractivity (Wildman–Crippen MR) is 81.1 cm³/mol. The van der Waals surface area contributed by atoms with E-state index in [1.807, 2.05) is 19.1 Å². The fraction of sp³-hybridized carbons (Fsp3) is 0.462. The molecule has 3 rings (SSSR count). The molecule has 21 heavy (non-hydrogen) atoms. The Balaban J connectivity index is 1.72. The minimum Gasteiger partial charge on any atom is -0.381 e. The molecule has 1 aliphatic rings. The molecular formula is C13H17ClN6O. The SMILES string of the molecule is Cc1cc(Nc2cc(NC3CCOCC3)nc(Cl)n2)n[nH]1. The van der Waals surface area contributed by atoms with Gasteiger partial charge in [-0.15, -0.1) is 0 Å². The van der Waals surface area contributed by atoms with Crippen LogP contribution in [0.25, 0.3) is 0 Å². The highest BCUT2D eigenvalue weighted by molar-refractivity contribution is 6.28. The first-order chi connectivity index (χ1) is 10.2. The van der Waals surface area contributed by atoms with E-state index in [2.05, 4.69) is 30.8 Å². The number of nitrogens with one attached hydrogen (secondary N) is 3. The molecule has 112 valence electrons. The smallest absolute Gasteiger partial charge is 0.226 e. The fourth-order valence-corrected chi connectivity index (χ4v) is 2.40. The van der Waals surface area contributed by atoms with E-state index in [1.54, 1.807) is 0 Å². The van der Waals surface area contributed by atoms with Gasteiger partial charge in [0.05, 0.1) is 0 Å². The van der Waals surface area contributed by atoms with E-state index in [9.17, 15) is 0 Å². The third-order valence-corrected chi connectivity index (χ3v) is 3.40. The molecule has 0 bridgehead atoms. The quantitative estimate of drug-likeness (QED) is 0.752.